The van der Waals surface area contributed by atoms with E-state index in [1.54, 1.807) is 7.05 Å². The molecule has 1 aromatic rings. The second-order valence-electron chi connectivity index (χ2n) is 5.32. The predicted molar refractivity (Wildman–Crippen MR) is 74.3 cm³/mol. The maximum atomic E-state index is 13.8. The van der Waals surface area contributed by atoms with E-state index in [9.17, 15) is 12.8 Å². The summed E-state index contributed by atoms with van der Waals surface area (Å²) >= 11 is 0. The van der Waals surface area contributed by atoms with Crippen molar-refractivity contribution >= 4 is 10.0 Å². The average molecular weight is 301 g/mol. The predicted octanol–water partition coefficient (Wildman–Crippen LogP) is 2.19. The molecule has 0 unspecified atom stereocenters. The van der Waals surface area contributed by atoms with Crippen LogP contribution in [0.4, 0.5) is 4.39 Å². The summed E-state index contributed by atoms with van der Waals surface area (Å²) < 4.78 is 40.4. The lowest BCUT2D eigenvalue weighted by Crippen LogP contribution is -2.35. The first kappa shape index (κ1) is 15.4. The van der Waals surface area contributed by atoms with Crippen LogP contribution in [0.5, 0.6) is 0 Å². The topological polar surface area (TPSA) is 57.6 Å². The van der Waals surface area contributed by atoms with Crippen molar-refractivity contribution in [2.75, 3.05) is 7.05 Å². The SMILES string of the molecule is Cc1c(F)cc(CO)cc1S(=O)(=O)N(C)C1CCCC1. The minimum atomic E-state index is -3.73. The van der Waals surface area contributed by atoms with E-state index in [1.165, 1.54) is 23.4 Å². The monoisotopic (exact) mass is 301 g/mol. The van der Waals surface area contributed by atoms with Gasteiger partial charge in [-0.1, -0.05) is 12.8 Å². The second-order valence-corrected chi connectivity index (χ2v) is 7.28. The summed E-state index contributed by atoms with van der Waals surface area (Å²) in [6.07, 6.45) is 3.73. The van der Waals surface area contributed by atoms with Gasteiger partial charge in [-0.05, 0) is 37.5 Å². The zero-order valence-corrected chi connectivity index (χ0v) is 12.6. The van der Waals surface area contributed by atoms with E-state index in [0.29, 0.717) is 0 Å². The molecule has 6 heteroatoms. The summed E-state index contributed by atoms with van der Waals surface area (Å²) in [5.41, 5.74) is 0.374. The van der Waals surface area contributed by atoms with Gasteiger partial charge in [-0.15, -0.1) is 0 Å². The standard InChI is InChI=1S/C14H20FNO3S/c1-10-13(15)7-11(9-17)8-14(10)20(18,19)16(2)12-5-3-4-6-12/h7-8,12,17H,3-6,9H2,1-2H3. The molecule has 1 aromatic carbocycles. The highest BCUT2D eigenvalue weighted by Gasteiger charge is 2.31. The van der Waals surface area contributed by atoms with Gasteiger partial charge in [0.15, 0.2) is 0 Å². The van der Waals surface area contributed by atoms with Crippen LogP contribution in [-0.4, -0.2) is 30.9 Å². The summed E-state index contributed by atoms with van der Waals surface area (Å²) in [6.45, 7) is 1.07. The number of nitrogens with zero attached hydrogens (tertiary/aromatic N) is 1. The minimum absolute atomic E-state index is 0.0137. The quantitative estimate of drug-likeness (QED) is 0.927. The Kier molecular flexibility index (Phi) is 4.46. The van der Waals surface area contributed by atoms with E-state index < -0.39 is 15.8 Å². The maximum Gasteiger partial charge on any atom is 0.243 e. The van der Waals surface area contributed by atoms with Gasteiger partial charge in [0.2, 0.25) is 10.0 Å². The molecule has 2 rings (SSSR count). The highest BCUT2D eigenvalue weighted by atomic mass is 32.2. The number of rotatable bonds is 4. The second kappa shape index (κ2) is 5.79. The molecule has 1 aliphatic rings. The van der Waals surface area contributed by atoms with E-state index in [4.69, 9.17) is 5.11 Å². The fourth-order valence-corrected chi connectivity index (χ4v) is 4.38. The summed E-state index contributed by atoms with van der Waals surface area (Å²) in [4.78, 5) is -0.0454. The van der Waals surface area contributed by atoms with Gasteiger partial charge < -0.3 is 5.11 Å². The fraction of sp³-hybridized carbons (Fsp3) is 0.571. The Morgan fingerprint density at radius 3 is 2.50 bits per heavy atom. The Morgan fingerprint density at radius 2 is 1.95 bits per heavy atom. The van der Waals surface area contributed by atoms with Crippen LogP contribution in [0.25, 0.3) is 0 Å². The van der Waals surface area contributed by atoms with E-state index in [-0.39, 0.29) is 28.7 Å². The smallest absolute Gasteiger partial charge is 0.243 e. The normalized spacial score (nSPS) is 17.1. The maximum absolute atomic E-state index is 13.8. The van der Waals surface area contributed by atoms with Crippen LogP contribution in [0.1, 0.15) is 36.8 Å². The zero-order valence-electron chi connectivity index (χ0n) is 11.8. The first-order valence-electron chi connectivity index (χ1n) is 6.76. The molecule has 1 fully saturated rings. The van der Waals surface area contributed by atoms with Crippen LogP contribution in [0.2, 0.25) is 0 Å². The van der Waals surface area contributed by atoms with E-state index in [2.05, 4.69) is 0 Å². The van der Waals surface area contributed by atoms with Crippen molar-refractivity contribution in [2.45, 2.75) is 50.2 Å². The van der Waals surface area contributed by atoms with E-state index in [0.717, 1.165) is 25.7 Å². The third kappa shape index (κ3) is 2.73. The fourth-order valence-electron chi connectivity index (χ4n) is 2.69. The molecule has 0 bridgehead atoms. The average Bonchev–Trinajstić information content (AvgIpc) is 2.94. The molecule has 0 heterocycles. The van der Waals surface area contributed by atoms with E-state index >= 15 is 0 Å². The van der Waals surface area contributed by atoms with E-state index in [1.807, 2.05) is 0 Å². The van der Waals surface area contributed by atoms with Crippen LogP contribution >= 0.6 is 0 Å². The van der Waals surface area contributed by atoms with Gasteiger partial charge in [0, 0.05) is 18.7 Å². The third-order valence-corrected chi connectivity index (χ3v) is 6.07. The lowest BCUT2D eigenvalue weighted by Gasteiger charge is -2.24. The van der Waals surface area contributed by atoms with Crippen LogP contribution in [-0.2, 0) is 16.6 Å². The summed E-state index contributed by atoms with van der Waals surface area (Å²) in [5, 5.41) is 9.12. The number of aliphatic hydroxyl groups excluding tert-OH is 1. The summed E-state index contributed by atoms with van der Waals surface area (Å²) in [5.74, 6) is -0.602. The lowest BCUT2D eigenvalue weighted by molar-refractivity contribution is 0.280. The Bertz CT molecular complexity index is 595. The Balaban J connectivity index is 2.45. The van der Waals surface area contributed by atoms with Gasteiger partial charge in [-0.25, -0.2) is 12.8 Å². The molecule has 112 valence electrons. The van der Waals surface area contributed by atoms with Crippen molar-refractivity contribution < 1.29 is 17.9 Å². The Labute approximate surface area is 119 Å². The van der Waals surface area contributed by atoms with Crippen molar-refractivity contribution in [3.8, 4) is 0 Å². The molecule has 1 aliphatic carbocycles. The Hall–Kier alpha value is -0.980. The zero-order chi connectivity index (χ0) is 14.9. The largest absolute Gasteiger partial charge is 0.392 e. The van der Waals surface area contributed by atoms with Crippen molar-refractivity contribution in [1.29, 1.82) is 0 Å². The molecule has 4 nitrogen and oxygen atoms in total. The van der Waals surface area contributed by atoms with Crippen molar-refractivity contribution in [3.63, 3.8) is 0 Å². The van der Waals surface area contributed by atoms with Gasteiger partial charge in [0.1, 0.15) is 5.82 Å². The Morgan fingerprint density at radius 1 is 1.35 bits per heavy atom. The molecule has 1 saturated carbocycles. The molecule has 0 radical (unpaired) electrons. The van der Waals surface area contributed by atoms with Crippen molar-refractivity contribution in [1.82, 2.24) is 4.31 Å². The van der Waals surface area contributed by atoms with Crippen molar-refractivity contribution in [2.24, 2.45) is 0 Å². The molecular formula is C14H20FNO3S. The summed E-state index contributed by atoms with van der Waals surface area (Å²) in [6, 6.07) is 2.52. The molecule has 0 aromatic heterocycles. The molecule has 0 saturated heterocycles. The molecule has 0 spiro atoms. The molecular weight excluding hydrogens is 281 g/mol. The number of hydrogen-bond acceptors (Lipinski definition) is 3. The lowest BCUT2D eigenvalue weighted by atomic mass is 10.1. The molecule has 1 N–H and O–H groups in total. The molecule has 0 aliphatic heterocycles. The summed E-state index contributed by atoms with van der Waals surface area (Å²) in [7, 11) is -2.18. The number of aliphatic hydroxyl groups is 1. The van der Waals surface area contributed by atoms with Crippen molar-refractivity contribution in [3.05, 3.63) is 29.1 Å². The molecule has 0 atom stereocenters. The highest BCUT2D eigenvalue weighted by molar-refractivity contribution is 7.89. The molecule has 0 amide bonds. The number of hydrogen-bond donors (Lipinski definition) is 1. The molecule has 20 heavy (non-hydrogen) atoms. The van der Waals surface area contributed by atoms with Gasteiger partial charge in [-0.2, -0.15) is 4.31 Å². The van der Waals surface area contributed by atoms with Gasteiger partial charge in [-0.3, -0.25) is 0 Å². The number of benzene rings is 1. The van der Waals surface area contributed by atoms with Crippen LogP contribution in [0.3, 0.4) is 0 Å². The first-order valence-corrected chi connectivity index (χ1v) is 8.20. The van der Waals surface area contributed by atoms with Gasteiger partial charge in [0.25, 0.3) is 0 Å². The number of sulfonamides is 1. The highest BCUT2D eigenvalue weighted by Crippen LogP contribution is 2.29. The minimum Gasteiger partial charge on any atom is -0.392 e. The third-order valence-electron chi connectivity index (χ3n) is 4.03. The van der Waals surface area contributed by atoms with Gasteiger partial charge >= 0.3 is 0 Å². The first-order chi connectivity index (χ1) is 9.37. The van der Waals surface area contributed by atoms with Crippen LogP contribution in [0, 0.1) is 12.7 Å². The number of halogens is 1. The van der Waals surface area contributed by atoms with Gasteiger partial charge in [0.05, 0.1) is 11.5 Å². The van der Waals surface area contributed by atoms with Crippen LogP contribution < -0.4 is 0 Å². The van der Waals surface area contributed by atoms with Crippen LogP contribution in [0.15, 0.2) is 17.0 Å².